The average Bonchev–Trinajstić information content (AvgIpc) is 2.78. The first-order valence-electron chi connectivity index (χ1n) is 13.3. The summed E-state index contributed by atoms with van der Waals surface area (Å²) in [6, 6.07) is 12.8. The van der Waals surface area contributed by atoms with E-state index in [-0.39, 0.29) is 23.8 Å². The second-order valence-electron chi connectivity index (χ2n) is 11.4. The normalized spacial score (nSPS) is 15.3. The molecule has 2 aromatic rings. The molecule has 2 aromatic carbocycles. The molecule has 1 aliphatic carbocycles. The SMILES string of the molecule is Cc1cccc(Cl)c1NC(=O)C(c1ccccc1)N(C(=O)C(CC(C)C)NC(=O)OC(C)(C)C)C1CCC1. The maximum Gasteiger partial charge on any atom is 0.408 e. The highest BCUT2D eigenvalue weighted by atomic mass is 35.5. The van der Waals surface area contributed by atoms with Crippen molar-refractivity contribution in [3.63, 3.8) is 0 Å². The number of hydrogen-bond acceptors (Lipinski definition) is 4. The van der Waals surface area contributed by atoms with E-state index in [4.69, 9.17) is 16.3 Å². The number of amides is 3. The number of ether oxygens (including phenoxy) is 1. The summed E-state index contributed by atoms with van der Waals surface area (Å²) < 4.78 is 5.46. The van der Waals surface area contributed by atoms with Gasteiger partial charge < -0.3 is 20.3 Å². The molecule has 2 unspecified atom stereocenters. The van der Waals surface area contributed by atoms with E-state index in [1.807, 2.05) is 63.2 Å². The fourth-order valence-electron chi connectivity index (χ4n) is 4.56. The summed E-state index contributed by atoms with van der Waals surface area (Å²) in [5.74, 6) is -0.528. The first kappa shape index (κ1) is 29.5. The van der Waals surface area contributed by atoms with E-state index in [2.05, 4.69) is 10.6 Å². The van der Waals surface area contributed by atoms with Gasteiger partial charge in [0.25, 0.3) is 5.91 Å². The minimum absolute atomic E-state index is 0.122. The summed E-state index contributed by atoms with van der Waals surface area (Å²) in [5, 5.41) is 6.21. The number of aryl methyl sites for hydroxylation is 1. The molecule has 0 heterocycles. The number of halogens is 1. The Morgan fingerprint density at radius 3 is 2.24 bits per heavy atom. The van der Waals surface area contributed by atoms with Gasteiger partial charge in [-0.15, -0.1) is 0 Å². The van der Waals surface area contributed by atoms with Crippen LogP contribution < -0.4 is 10.6 Å². The molecular formula is C30H40ClN3O4. The number of carbonyl (C=O) groups excluding carboxylic acids is 3. The molecule has 0 radical (unpaired) electrons. The van der Waals surface area contributed by atoms with E-state index in [0.717, 1.165) is 24.8 Å². The van der Waals surface area contributed by atoms with Crippen LogP contribution in [0.5, 0.6) is 0 Å². The Kier molecular flexibility index (Phi) is 9.82. The van der Waals surface area contributed by atoms with Gasteiger partial charge in [-0.25, -0.2) is 4.79 Å². The van der Waals surface area contributed by atoms with Crippen LogP contribution in [0.1, 0.15) is 77.5 Å². The van der Waals surface area contributed by atoms with Crippen molar-refractivity contribution < 1.29 is 19.1 Å². The summed E-state index contributed by atoms with van der Waals surface area (Å²) >= 11 is 6.43. The molecule has 38 heavy (non-hydrogen) atoms. The van der Waals surface area contributed by atoms with Crippen LogP contribution in [0.2, 0.25) is 5.02 Å². The standard InChI is InChI=1S/C30H40ClN3O4/c1-19(2)18-24(32-29(37)38-30(4,5)6)28(36)34(22-15-11-16-22)26(21-13-8-7-9-14-21)27(35)33-25-20(3)12-10-17-23(25)31/h7-10,12-14,17,19,22,24,26H,11,15-16,18H2,1-6H3,(H,32,37)(H,33,35). The summed E-state index contributed by atoms with van der Waals surface area (Å²) in [6.07, 6.45) is 2.30. The minimum atomic E-state index is -0.903. The molecule has 7 nitrogen and oxygen atoms in total. The Balaban J connectivity index is 2.02. The molecule has 8 heteroatoms. The molecule has 1 fully saturated rings. The van der Waals surface area contributed by atoms with Gasteiger partial charge in [0.1, 0.15) is 17.7 Å². The fourth-order valence-corrected chi connectivity index (χ4v) is 4.83. The van der Waals surface area contributed by atoms with Gasteiger partial charge in [-0.05, 0) is 76.5 Å². The predicted molar refractivity (Wildman–Crippen MR) is 151 cm³/mol. The summed E-state index contributed by atoms with van der Waals surface area (Å²) in [4.78, 5) is 42.7. The number of rotatable bonds is 9. The van der Waals surface area contributed by atoms with Crippen LogP contribution in [0.4, 0.5) is 10.5 Å². The van der Waals surface area contributed by atoms with E-state index in [1.54, 1.807) is 31.7 Å². The highest BCUT2D eigenvalue weighted by Gasteiger charge is 2.42. The van der Waals surface area contributed by atoms with Gasteiger partial charge in [-0.3, -0.25) is 9.59 Å². The third kappa shape index (κ3) is 7.73. The van der Waals surface area contributed by atoms with Gasteiger partial charge in [-0.1, -0.05) is 67.9 Å². The van der Waals surface area contributed by atoms with Gasteiger partial charge >= 0.3 is 6.09 Å². The molecule has 3 rings (SSSR count). The molecular weight excluding hydrogens is 502 g/mol. The van der Waals surface area contributed by atoms with Crippen molar-refractivity contribution in [2.24, 2.45) is 5.92 Å². The molecule has 0 spiro atoms. The first-order chi connectivity index (χ1) is 17.9. The number of nitrogens with one attached hydrogen (secondary N) is 2. The molecule has 0 aliphatic heterocycles. The van der Waals surface area contributed by atoms with Crippen molar-refractivity contribution in [1.29, 1.82) is 0 Å². The average molecular weight is 542 g/mol. The van der Waals surface area contributed by atoms with Crippen LogP contribution in [-0.2, 0) is 14.3 Å². The number of anilines is 1. The van der Waals surface area contributed by atoms with Crippen LogP contribution in [0.25, 0.3) is 0 Å². The van der Waals surface area contributed by atoms with Crippen LogP contribution >= 0.6 is 11.6 Å². The molecule has 2 N–H and O–H groups in total. The van der Waals surface area contributed by atoms with Crippen LogP contribution in [0.15, 0.2) is 48.5 Å². The quantitative estimate of drug-likeness (QED) is 0.372. The molecule has 1 aliphatic rings. The highest BCUT2D eigenvalue weighted by molar-refractivity contribution is 6.34. The number of benzene rings is 2. The summed E-state index contributed by atoms with van der Waals surface area (Å²) in [5.41, 5.74) is 1.33. The maximum atomic E-state index is 14.3. The molecule has 206 valence electrons. The largest absolute Gasteiger partial charge is 0.444 e. The fraction of sp³-hybridized carbons (Fsp3) is 0.500. The van der Waals surface area contributed by atoms with Crippen molar-refractivity contribution in [3.05, 3.63) is 64.7 Å². The van der Waals surface area contributed by atoms with Crippen molar-refractivity contribution in [2.75, 3.05) is 5.32 Å². The first-order valence-corrected chi connectivity index (χ1v) is 13.7. The molecule has 3 amide bonds. The van der Waals surface area contributed by atoms with E-state index in [0.29, 0.717) is 22.7 Å². The van der Waals surface area contributed by atoms with E-state index in [1.165, 1.54) is 0 Å². The summed E-state index contributed by atoms with van der Waals surface area (Å²) in [6.45, 7) is 11.2. The van der Waals surface area contributed by atoms with Gasteiger partial charge in [0.05, 0.1) is 10.7 Å². The summed E-state index contributed by atoms with van der Waals surface area (Å²) in [7, 11) is 0. The van der Waals surface area contributed by atoms with Crippen molar-refractivity contribution in [2.45, 2.75) is 91.0 Å². The zero-order valence-corrected chi connectivity index (χ0v) is 24.0. The van der Waals surface area contributed by atoms with Crippen molar-refractivity contribution >= 4 is 35.2 Å². The van der Waals surface area contributed by atoms with Gasteiger partial charge in [-0.2, -0.15) is 0 Å². The lowest BCUT2D eigenvalue weighted by Gasteiger charge is -2.43. The lowest BCUT2D eigenvalue weighted by atomic mass is 9.87. The Morgan fingerprint density at radius 2 is 1.71 bits per heavy atom. The maximum absolute atomic E-state index is 14.3. The Labute approximate surface area is 231 Å². The van der Waals surface area contributed by atoms with Gasteiger partial charge in [0, 0.05) is 6.04 Å². The number of para-hydroxylation sites is 1. The van der Waals surface area contributed by atoms with E-state index >= 15 is 0 Å². The van der Waals surface area contributed by atoms with Crippen molar-refractivity contribution in [1.82, 2.24) is 10.2 Å². The van der Waals surface area contributed by atoms with Gasteiger partial charge in [0.2, 0.25) is 5.91 Å². The molecule has 1 saturated carbocycles. The highest BCUT2D eigenvalue weighted by Crippen LogP contribution is 2.35. The lowest BCUT2D eigenvalue weighted by Crippen LogP contribution is -2.57. The molecule has 0 aromatic heterocycles. The minimum Gasteiger partial charge on any atom is -0.444 e. The Bertz CT molecular complexity index is 1110. The molecule has 2 atom stereocenters. The number of nitrogens with zero attached hydrogens (tertiary/aromatic N) is 1. The number of carbonyl (C=O) groups is 3. The number of alkyl carbamates (subject to hydrolysis) is 1. The molecule has 0 bridgehead atoms. The predicted octanol–water partition coefficient (Wildman–Crippen LogP) is 6.65. The van der Waals surface area contributed by atoms with Crippen LogP contribution in [-0.4, -0.2) is 40.5 Å². The Hall–Kier alpha value is -3.06. The zero-order chi connectivity index (χ0) is 28.0. The molecule has 0 saturated heterocycles. The van der Waals surface area contributed by atoms with Crippen LogP contribution in [0.3, 0.4) is 0 Å². The van der Waals surface area contributed by atoms with Crippen molar-refractivity contribution in [3.8, 4) is 0 Å². The second kappa shape index (κ2) is 12.7. The smallest absolute Gasteiger partial charge is 0.408 e. The second-order valence-corrected chi connectivity index (χ2v) is 11.8. The zero-order valence-electron chi connectivity index (χ0n) is 23.2. The van der Waals surface area contributed by atoms with Crippen LogP contribution in [0, 0.1) is 12.8 Å². The van der Waals surface area contributed by atoms with E-state index < -0.39 is 23.8 Å². The third-order valence-electron chi connectivity index (χ3n) is 6.53. The Morgan fingerprint density at radius 1 is 1.05 bits per heavy atom. The van der Waals surface area contributed by atoms with Gasteiger partial charge in [0.15, 0.2) is 0 Å². The monoisotopic (exact) mass is 541 g/mol. The number of hydrogen-bond donors (Lipinski definition) is 2. The third-order valence-corrected chi connectivity index (χ3v) is 6.85. The topological polar surface area (TPSA) is 87.7 Å². The van der Waals surface area contributed by atoms with E-state index in [9.17, 15) is 14.4 Å². The lowest BCUT2D eigenvalue weighted by molar-refractivity contribution is -0.146.